The van der Waals surface area contributed by atoms with Crippen molar-refractivity contribution in [2.45, 2.75) is 47.1 Å². The lowest BCUT2D eigenvalue weighted by atomic mass is 10.0. The van der Waals surface area contributed by atoms with E-state index in [-0.39, 0.29) is 0 Å². The van der Waals surface area contributed by atoms with Gasteiger partial charge in [0.1, 0.15) is 5.82 Å². The summed E-state index contributed by atoms with van der Waals surface area (Å²) >= 11 is 0. The number of aromatic nitrogens is 2. The van der Waals surface area contributed by atoms with Crippen LogP contribution < -0.4 is 10.6 Å². The van der Waals surface area contributed by atoms with Crippen LogP contribution in [0.2, 0.25) is 0 Å². The smallest absolute Gasteiger partial charge is 0.133 e. The van der Waals surface area contributed by atoms with E-state index in [1.807, 2.05) is 25.3 Å². The Morgan fingerprint density at radius 2 is 2.06 bits per heavy atom. The van der Waals surface area contributed by atoms with Gasteiger partial charge in [0.05, 0.1) is 11.0 Å². The van der Waals surface area contributed by atoms with Gasteiger partial charge in [0.2, 0.25) is 0 Å². The lowest BCUT2D eigenvalue weighted by molar-refractivity contribution is 0.150. The number of likely N-dealkylation sites (tertiary alicyclic amines) is 1. The van der Waals surface area contributed by atoms with E-state index in [1.165, 1.54) is 5.57 Å². The topological polar surface area (TPSA) is 70.6 Å². The number of aliphatic imine (C=N–C) groups is 1. The van der Waals surface area contributed by atoms with Crippen LogP contribution in [0.5, 0.6) is 0 Å². The second-order valence-corrected chi connectivity index (χ2v) is 9.21. The second kappa shape index (κ2) is 11.4. The molecule has 176 valence electrons. The molecule has 0 aromatic carbocycles. The molecule has 0 spiro atoms. The van der Waals surface area contributed by atoms with Gasteiger partial charge in [-0.15, -0.1) is 0 Å². The van der Waals surface area contributed by atoms with Gasteiger partial charge in [0.15, 0.2) is 0 Å². The van der Waals surface area contributed by atoms with Crippen molar-refractivity contribution in [1.82, 2.24) is 14.9 Å². The van der Waals surface area contributed by atoms with Gasteiger partial charge in [0, 0.05) is 62.3 Å². The molecule has 2 aromatic rings. The van der Waals surface area contributed by atoms with Crippen LogP contribution in [-0.4, -0.2) is 60.0 Å². The molecule has 2 N–H and O–H groups in total. The second-order valence-electron chi connectivity index (χ2n) is 9.21. The van der Waals surface area contributed by atoms with Crippen LogP contribution in [0.15, 0.2) is 52.8 Å². The number of allylic oxidation sites excluding steroid dienone is 5. The molecule has 2 aromatic heterocycles. The lowest BCUT2D eigenvalue weighted by Gasteiger charge is -2.36. The Morgan fingerprint density at radius 1 is 1.30 bits per heavy atom. The predicted molar refractivity (Wildman–Crippen MR) is 141 cm³/mol. The summed E-state index contributed by atoms with van der Waals surface area (Å²) in [6, 6.07) is 6.48. The fourth-order valence-electron chi connectivity index (χ4n) is 3.89. The summed E-state index contributed by atoms with van der Waals surface area (Å²) in [6.45, 7) is 14.5. The minimum Gasteiger partial charge on any atom is -0.333 e. The van der Waals surface area contributed by atoms with Crippen molar-refractivity contribution < 1.29 is 0 Å². The molecule has 1 aliphatic rings. The summed E-state index contributed by atoms with van der Waals surface area (Å²) in [7, 11) is 2.05. The molecular weight excluding hydrogens is 408 g/mol. The molecule has 0 aliphatic carbocycles. The van der Waals surface area contributed by atoms with E-state index in [0.717, 1.165) is 66.3 Å². The third kappa shape index (κ3) is 6.61. The van der Waals surface area contributed by atoms with Gasteiger partial charge in [-0.2, -0.15) is 0 Å². The van der Waals surface area contributed by atoms with Crippen molar-refractivity contribution in [1.29, 1.82) is 0 Å². The fraction of sp³-hybridized carbons (Fsp3) is 0.481. The quantitative estimate of drug-likeness (QED) is 0.344. The average Bonchev–Trinajstić information content (AvgIpc) is 2.79. The third-order valence-corrected chi connectivity index (χ3v) is 6.18. The van der Waals surface area contributed by atoms with Crippen LogP contribution in [0.1, 0.15) is 46.6 Å². The summed E-state index contributed by atoms with van der Waals surface area (Å²) in [6.07, 6.45) is 7.30. The zero-order valence-corrected chi connectivity index (χ0v) is 21.0. The van der Waals surface area contributed by atoms with E-state index in [0.29, 0.717) is 12.0 Å². The number of hydrogen-bond acceptors (Lipinski definition) is 6. The normalized spacial score (nSPS) is 15.5. The number of hydrogen-bond donors (Lipinski definition) is 1. The van der Waals surface area contributed by atoms with Crippen LogP contribution in [-0.2, 0) is 0 Å². The molecule has 3 rings (SSSR count). The van der Waals surface area contributed by atoms with Crippen LogP contribution in [0, 0.1) is 5.92 Å². The summed E-state index contributed by atoms with van der Waals surface area (Å²) < 4.78 is 0. The Morgan fingerprint density at radius 3 is 2.73 bits per heavy atom. The molecule has 33 heavy (non-hydrogen) atoms. The van der Waals surface area contributed by atoms with Gasteiger partial charge in [0.25, 0.3) is 0 Å². The molecule has 0 unspecified atom stereocenters. The first-order valence-corrected chi connectivity index (χ1v) is 11.9. The zero-order chi connectivity index (χ0) is 24.0. The van der Waals surface area contributed by atoms with Crippen molar-refractivity contribution >= 4 is 28.3 Å². The van der Waals surface area contributed by atoms with Gasteiger partial charge >= 0.3 is 0 Å². The number of rotatable bonds is 9. The van der Waals surface area contributed by atoms with Crippen molar-refractivity contribution in [3.63, 3.8) is 0 Å². The van der Waals surface area contributed by atoms with Crippen LogP contribution in [0.3, 0.4) is 0 Å². The Labute approximate surface area is 198 Å². The number of pyridine rings is 2. The van der Waals surface area contributed by atoms with E-state index in [4.69, 9.17) is 10.7 Å². The lowest BCUT2D eigenvalue weighted by Crippen LogP contribution is -2.55. The number of fused-ring (bicyclic) bond motifs is 1. The molecule has 0 saturated carbocycles. The molecule has 0 bridgehead atoms. The van der Waals surface area contributed by atoms with Crippen molar-refractivity contribution in [2.24, 2.45) is 16.6 Å². The number of anilines is 1. The Balaban J connectivity index is 1.72. The van der Waals surface area contributed by atoms with Crippen molar-refractivity contribution in [3.8, 4) is 0 Å². The highest BCUT2D eigenvalue weighted by molar-refractivity contribution is 5.91. The highest BCUT2D eigenvalue weighted by atomic mass is 15.2. The van der Waals surface area contributed by atoms with E-state index in [2.05, 4.69) is 78.6 Å². The van der Waals surface area contributed by atoms with Crippen molar-refractivity contribution in [3.05, 3.63) is 53.4 Å². The fourth-order valence-corrected chi connectivity index (χ4v) is 3.89. The summed E-state index contributed by atoms with van der Waals surface area (Å²) in [5.41, 5.74) is 12.0. The molecule has 6 heteroatoms. The summed E-state index contributed by atoms with van der Waals surface area (Å²) in [4.78, 5) is 18.4. The Kier molecular flexibility index (Phi) is 8.56. The standard InChI is InChI=1S/C27H38N6/c1-7-22(19(2)3)13-21(5)32(6)27-10-9-25-26(31-27)14-23(16-30-25)20(4)15-29-11-8-12-33-17-24(28)18-33/h7,9-10,13-14,16,19,24H,8,11-12,17-18,28H2,1-6H3/b21-13+,22-7+. The summed E-state index contributed by atoms with van der Waals surface area (Å²) in [5.74, 6) is 4.57. The van der Waals surface area contributed by atoms with Gasteiger partial charge in [-0.05, 0) is 68.8 Å². The highest BCUT2D eigenvalue weighted by Gasteiger charge is 2.21. The number of nitrogens with two attached hydrogens (primary N) is 1. The van der Waals surface area contributed by atoms with Crippen molar-refractivity contribution in [2.75, 3.05) is 38.1 Å². The largest absolute Gasteiger partial charge is 0.333 e. The maximum absolute atomic E-state index is 5.82. The molecule has 6 nitrogen and oxygen atoms in total. The Bertz CT molecular complexity index is 1080. The molecule has 1 fully saturated rings. The maximum atomic E-state index is 5.82. The first-order chi connectivity index (χ1) is 15.8. The highest BCUT2D eigenvalue weighted by Crippen LogP contribution is 2.23. The van der Waals surface area contributed by atoms with Crippen LogP contribution >= 0.6 is 0 Å². The third-order valence-electron chi connectivity index (χ3n) is 6.18. The average molecular weight is 447 g/mol. The van der Waals surface area contributed by atoms with Crippen LogP contribution in [0.4, 0.5) is 5.82 Å². The zero-order valence-electron chi connectivity index (χ0n) is 21.0. The maximum Gasteiger partial charge on any atom is 0.133 e. The van der Waals surface area contributed by atoms with E-state index in [1.54, 1.807) is 0 Å². The Hall–Kier alpha value is -2.79. The van der Waals surface area contributed by atoms with E-state index in [9.17, 15) is 0 Å². The molecular formula is C27H38N6. The molecule has 3 heterocycles. The molecule has 0 radical (unpaired) electrons. The molecule has 0 amide bonds. The minimum absolute atomic E-state index is 0.357. The molecule has 0 atom stereocenters. The van der Waals surface area contributed by atoms with Gasteiger partial charge in [-0.1, -0.05) is 19.9 Å². The van der Waals surface area contributed by atoms with Gasteiger partial charge in [-0.3, -0.25) is 4.98 Å². The van der Waals surface area contributed by atoms with Crippen LogP contribution in [0.25, 0.3) is 16.6 Å². The predicted octanol–water partition coefficient (Wildman–Crippen LogP) is 4.68. The van der Waals surface area contributed by atoms with E-state index >= 15 is 0 Å². The first kappa shape index (κ1) is 24.8. The molecule has 1 saturated heterocycles. The minimum atomic E-state index is 0.357. The van der Waals surface area contributed by atoms with E-state index < -0.39 is 0 Å². The SMILES string of the molecule is C/C=C(\C=C(/C)N(C)c1ccc2ncc(C(C)=C=NCCCN3CC(N)C3)cc2n1)C(C)C. The summed E-state index contributed by atoms with van der Waals surface area (Å²) in [5, 5.41) is 0. The van der Waals surface area contributed by atoms with Gasteiger partial charge < -0.3 is 15.5 Å². The molecule has 1 aliphatic heterocycles. The number of nitrogens with zero attached hydrogens (tertiary/aromatic N) is 5. The first-order valence-electron chi connectivity index (χ1n) is 11.9. The monoisotopic (exact) mass is 446 g/mol. The van der Waals surface area contributed by atoms with Gasteiger partial charge in [-0.25, -0.2) is 9.98 Å².